The van der Waals surface area contributed by atoms with Crippen LogP contribution in [0.4, 0.5) is 0 Å². The van der Waals surface area contributed by atoms with Gasteiger partial charge in [0, 0.05) is 11.5 Å². The fraction of sp³-hybridized carbons (Fsp3) is 0.625. The van der Waals surface area contributed by atoms with E-state index in [1.807, 2.05) is 20.8 Å². The van der Waals surface area contributed by atoms with Crippen molar-refractivity contribution < 1.29 is 9.36 Å². The van der Waals surface area contributed by atoms with Crippen LogP contribution in [0.2, 0.25) is 0 Å². The zero-order chi connectivity index (χ0) is 9.14. The predicted octanol–water partition coefficient (Wildman–Crippen LogP) is 1.29. The summed E-state index contributed by atoms with van der Waals surface area (Å²) in [5.41, 5.74) is 2.01. The van der Waals surface area contributed by atoms with E-state index in [1.165, 1.54) is 0 Å². The van der Waals surface area contributed by atoms with E-state index < -0.39 is 0 Å². The molecule has 0 aliphatic heterocycles. The van der Waals surface area contributed by atoms with Gasteiger partial charge in [0.05, 0.1) is 12.3 Å². The van der Waals surface area contributed by atoms with Crippen LogP contribution in [-0.2, 0) is 4.84 Å². The van der Waals surface area contributed by atoms with Crippen LogP contribution < -0.4 is 5.90 Å². The summed E-state index contributed by atoms with van der Waals surface area (Å²) in [5.74, 6) is 6.07. The first-order valence-corrected chi connectivity index (χ1v) is 3.91. The Balaban J connectivity index is 2.85. The topological polar surface area (TPSA) is 61.3 Å². The number of hydrogen-bond acceptors (Lipinski definition) is 4. The van der Waals surface area contributed by atoms with Crippen LogP contribution in [0, 0.1) is 13.8 Å². The van der Waals surface area contributed by atoms with Crippen LogP contribution in [0.25, 0.3) is 0 Å². The zero-order valence-corrected chi connectivity index (χ0v) is 7.63. The maximum atomic E-state index is 5.02. The first-order chi connectivity index (χ1) is 5.66. The number of nitrogens with zero attached hydrogens (tertiary/aromatic N) is 1. The van der Waals surface area contributed by atoms with Gasteiger partial charge < -0.3 is 9.36 Å². The second-order valence-electron chi connectivity index (χ2n) is 2.97. The van der Waals surface area contributed by atoms with Crippen molar-refractivity contribution in [2.45, 2.75) is 26.7 Å². The lowest BCUT2D eigenvalue weighted by Crippen LogP contribution is -2.09. The van der Waals surface area contributed by atoms with Gasteiger partial charge in [-0.15, -0.1) is 0 Å². The quantitative estimate of drug-likeness (QED) is 0.694. The molecule has 12 heavy (non-hydrogen) atoms. The molecule has 1 atom stereocenters. The van der Waals surface area contributed by atoms with Crippen LogP contribution in [0.5, 0.6) is 0 Å². The first-order valence-electron chi connectivity index (χ1n) is 3.91. The third-order valence-electron chi connectivity index (χ3n) is 1.93. The summed E-state index contributed by atoms with van der Waals surface area (Å²) in [4.78, 5) is 4.57. The Morgan fingerprint density at radius 3 is 2.67 bits per heavy atom. The smallest absolute Gasteiger partial charge is 0.137 e. The largest absolute Gasteiger partial charge is 0.361 e. The van der Waals surface area contributed by atoms with Crippen LogP contribution >= 0.6 is 0 Å². The van der Waals surface area contributed by atoms with Crippen molar-refractivity contribution in [3.8, 4) is 0 Å². The molecule has 4 heteroatoms. The van der Waals surface area contributed by atoms with E-state index in [9.17, 15) is 0 Å². The van der Waals surface area contributed by atoms with E-state index in [2.05, 4.69) is 9.99 Å². The SMILES string of the molecule is Cc1noc(C)c1C(C)CON. The molecule has 1 heterocycles. The summed E-state index contributed by atoms with van der Waals surface area (Å²) < 4.78 is 5.02. The summed E-state index contributed by atoms with van der Waals surface area (Å²) >= 11 is 0. The van der Waals surface area contributed by atoms with Crippen LogP contribution in [-0.4, -0.2) is 11.8 Å². The van der Waals surface area contributed by atoms with Crippen molar-refractivity contribution in [3.63, 3.8) is 0 Å². The minimum atomic E-state index is 0.237. The molecular formula is C8H14N2O2. The predicted molar refractivity (Wildman–Crippen MR) is 44.5 cm³/mol. The Kier molecular flexibility index (Phi) is 2.83. The van der Waals surface area contributed by atoms with Gasteiger partial charge in [-0.25, -0.2) is 5.90 Å². The van der Waals surface area contributed by atoms with Gasteiger partial charge in [0.2, 0.25) is 0 Å². The number of aromatic nitrogens is 1. The maximum Gasteiger partial charge on any atom is 0.137 e. The lowest BCUT2D eigenvalue weighted by atomic mass is 10.0. The van der Waals surface area contributed by atoms with E-state index in [-0.39, 0.29) is 5.92 Å². The molecule has 68 valence electrons. The Labute approximate surface area is 71.6 Å². The van der Waals surface area contributed by atoms with E-state index in [1.54, 1.807) is 0 Å². The molecule has 0 saturated carbocycles. The molecule has 0 aliphatic rings. The number of hydrogen-bond donors (Lipinski definition) is 1. The highest BCUT2D eigenvalue weighted by molar-refractivity contribution is 5.24. The average Bonchev–Trinajstić information content (AvgIpc) is 2.32. The molecule has 2 N–H and O–H groups in total. The van der Waals surface area contributed by atoms with E-state index in [0.29, 0.717) is 6.61 Å². The third kappa shape index (κ3) is 1.65. The van der Waals surface area contributed by atoms with Crippen LogP contribution in [0.3, 0.4) is 0 Å². The number of aryl methyl sites for hydroxylation is 2. The van der Waals surface area contributed by atoms with Crippen molar-refractivity contribution in [2.75, 3.05) is 6.61 Å². The second kappa shape index (κ2) is 3.69. The highest BCUT2D eigenvalue weighted by atomic mass is 16.6. The average molecular weight is 170 g/mol. The van der Waals surface area contributed by atoms with Gasteiger partial charge >= 0.3 is 0 Å². The summed E-state index contributed by atoms with van der Waals surface area (Å²) in [6.45, 7) is 6.32. The molecule has 0 bridgehead atoms. The van der Waals surface area contributed by atoms with E-state index >= 15 is 0 Å². The fourth-order valence-electron chi connectivity index (χ4n) is 1.42. The Morgan fingerprint density at radius 1 is 1.58 bits per heavy atom. The molecule has 0 aromatic carbocycles. The van der Waals surface area contributed by atoms with Crippen molar-refractivity contribution >= 4 is 0 Å². The first kappa shape index (κ1) is 9.22. The molecule has 0 aliphatic carbocycles. The Bertz CT molecular complexity index is 238. The molecule has 0 saturated heterocycles. The minimum absolute atomic E-state index is 0.237. The van der Waals surface area contributed by atoms with Gasteiger partial charge in [-0.05, 0) is 13.8 Å². The fourth-order valence-corrected chi connectivity index (χ4v) is 1.42. The molecule has 0 fully saturated rings. The molecule has 1 aromatic rings. The summed E-state index contributed by atoms with van der Waals surface area (Å²) in [6.07, 6.45) is 0. The molecule has 0 spiro atoms. The highest BCUT2D eigenvalue weighted by Crippen LogP contribution is 2.22. The van der Waals surface area contributed by atoms with Gasteiger partial charge in [-0.2, -0.15) is 0 Å². The van der Waals surface area contributed by atoms with Gasteiger partial charge in [0.1, 0.15) is 5.76 Å². The number of nitrogens with two attached hydrogens (primary N) is 1. The van der Waals surface area contributed by atoms with Crippen molar-refractivity contribution in [1.29, 1.82) is 0 Å². The second-order valence-corrected chi connectivity index (χ2v) is 2.97. The highest BCUT2D eigenvalue weighted by Gasteiger charge is 2.15. The van der Waals surface area contributed by atoms with Crippen molar-refractivity contribution in [2.24, 2.45) is 5.90 Å². The molecule has 1 aromatic heterocycles. The van der Waals surface area contributed by atoms with Gasteiger partial charge in [0.15, 0.2) is 0 Å². The lowest BCUT2D eigenvalue weighted by molar-refractivity contribution is 0.126. The van der Waals surface area contributed by atoms with E-state index in [0.717, 1.165) is 17.0 Å². The minimum Gasteiger partial charge on any atom is -0.361 e. The molecule has 0 amide bonds. The monoisotopic (exact) mass is 170 g/mol. The zero-order valence-electron chi connectivity index (χ0n) is 7.63. The molecule has 4 nitrogen and oxygen atoms in total. The lowest BCUT2D eigenvalue weighted by Gasteiger charge is -2.07. The number of rotatable bonds is 3. The van der Waals surface area contributed by atoms with E-state index in [4.69, 9.17) is 10.4 Å². The molecule has 1 rings (SSSR count). The van der Waals surface area contributed by atoms with Gasteiger partial charge in [0.25, 0.3) is 0 Å². The van der Waals surface area contributed by atoms with Crippen LogP contribution in [0.15, 0.2) is 4.52 Å². The standard InChI is InChI=1S/C8H14N2O2/c1-5(4-11-9)8-6(2)10-12-7(8)3/h5H,4,9H2,1-3H3. The summed E-state index contributed by atoms with van der Waals surface area (Å²) in [5, 5.41) is 3.85. The Hall–Kier alpha value is -0.870. The summed E-state index contributed by atoms with van der Waals surface area (Å²) in [7, 11) is 0. The third-order valence-corrected chi connectivity index (χ3v) is 1.93. The van der Waals surface area contributed by atoms with Crippen molar-refractivity contribution in [1.82, 2.24) is 5.16 Å². The summed E-state index contributed by atoms with van der Waals surface area (Å²) in [6, 6.07) is 0. The van der Waals surface area contributed by atoms with Gasteiger partial charge in [-0.1, -0.05) is 12.1 Å². The van der Waals surface area contributed by atoms with Crippen molar-refractivity contribution in [3.05, 3.63) is 17.0 Å². The Morgan fingerprint density at radius 2 is 2.25 bits per heavy atom. The normalized spacial score (nSPS) is 13.3. The molecule has 1 unspecified atom stereocenters. The van der Waals surface area contributed by atoms with Crippen LogP contribution in [0.1, 0.15) is 29.9 Å². The molecular weight excluding hydrogens is 156 g/mol. The maximum absolute atomic E-state index is 5.02. The molecule has 0 radical (unpaired) electrons. The van der Waals surface area contributed by atoms with Gasteiger partial charge in [-0.3, -0.25) is 0 Å².